The Morgan fingerprint density at radius 2 is 1.30 bits per heavy atom. The molecule has 204 valence electrons. The van der Waals surface area contributed by atoms with Crippen LogP contribution < -0.4 is 4.90 Å². The molecule has 1 aromatic heterocycles. The first kappa shape index (κ1) is 32.1. The van der Waals surface area contributed by atoms with Crippen LogP contribution in [-0.2, 0) is 6.54 Å². The molecule has 1 aliphatic rings. The summed E-state index contributed by atoms with van der Waals surface area (Å²) in [4.78, 5) is 16.4. The molecule has 0 N–H and O–H groups in total. The lowest BCUT2D eigenvalue weighted by Gasteiger charge is -2.36. The molecule has 0 spiro atoms. The third-order valence-corrected chi connectivity index (χ3v) is 5.59. The lowest BCUT2D eigenvalue weighted by atomic mass is 10.1. The summed E-state index contributed by atoms with van der Waals surface area (Å²) in [5, 5.41) is 4.27. The first-order valence-electron chi connectivity index (χ1n) is 14.1. The van der Waals surface area contributed by atoms with Crippen molar-refractivity contribution in [3.63, 3.8) is 0 Å². The lowest BCUT2D eigenvalue weighted by molar-refractivity contribution is 0.101. The van der Waals surface area contributed by atoms with E-state index >= 15 is 0 Å². The van der Waals surface area contributed by atoms with Crippen LogP contribution in [0.2, 0.25) is 0 Å². The molecule has 1 fully saturated rings. The molecule has 2 heterocycles. The minimum atomic E-state index is 0.0347. The maximum absolute atomic E-state index is 11.4. The average molecular weight is 507 g/mol. The summed E-state index contributed by atoms with van der Waals surface area (Å²) in [7, 11) is 0. The van der Waals surface area contributed by atoms with Crippen molar-refractivity contribution in [1.82, 2.24) is 14.7 Å². The molecule has 1 saturated heterocycles. The number of hydrogen-bond donors (Lipinski definition) is 0. The predicted octanol–water partition coefficient (Wildman–Crippen LogP) is 8.04. The Morgan fingerprint density at radius 1 is 0.757 bits per heavy atom. The number of para-hydroxylation sites is 1. The van der Waals surface area contributed by atoms with Gasteiger partial charge < -0.3 is 4.90 Å². The zero-order valence-electron chi connectivity index (χ0n) is 24.4. The van der Waals surface area contributed by atoms with E-state index in [0.717, 1.165) is 38.4 Å². The summed E-state index contributed by atoms with van der Waals surface area (Å²) in [6.07, 6.45) is 8.53. The molecule has 0 radical (unpaired) electrons. The average Bonchev–Trinajstić information content (AvgIpc) is 3.42. The van der Waals surface area contributed by atoms with Crippen molar-refractivity contribution in [2.75, 3.05) is 31.1 Å². The molecule has 1 aliphatic heterocycles. The summed E-state index contributed by atoms with van der Waals surface area (Å²) in [6, 6.07) is 19.0. The second kappa shape index (κ2) is 19.2. The van der Waals surface area contributed by atoms with Gasteiger partial charge in [-0.15, -0.1) is 0 Å². The van der Waals surface area contributed by atoms with Crippen LogP contribution in [0.25, 0.3) is 5.69 Å². The monoisotopic (exact) mass is 506 g/mol. The number of unbranched alkanes of at least 4 members (excludes halogenated alkanes) is 1. The fraction of sp³-hybridized carbons (Fsp3) is 0.500. The number of Topliss-reactive ketones (excluding diaryl/α,β-unsaturated/α-hetero) is 1. The van der Waals surface area contributed by atoms with E-state index in [-0.39, 0.29) is 5.78 Å². The van der Waals surface area contributed by atoms with E-state index < -0.39 is 0 Å². The number of benzene rings is 2. The van der Waals surface area contributed by atoms with Gasteiger partial charge in [0.05, 0.1) is 17.4 Å². The molecule has 4 rings (SSSR count). The Morgan fingerprint density at radius 3 is 1.76 bits per heavy atom. The quantitative estimate of drug-likeness (QED) is 0.317. The van der Waals surface area contributed by atoms with Crippen LogP contribution in [0.4, 0.5) is 5.69 Å². The number of rotatable bonds is 6. The van der Waals surface area contributed by atoms with Crippen molar-refractivity contribution in [2.24, 2.45) is 0 Å². The molecule has 0 amide bonds. The van der Waals surface area contributed by atoms with Crippen molar-refractivity contribution in [1.29, 1.82) is 0 Å². The zero-order valence-corrected chi connectivity index (χ0v) is 24.4. The van der Waals surface area contributed by atoms with Crippen molar-refractivity contribution >= 4 is 11.5 Å². The maximum atomic E-state index is 11.4. The smallest absolute Gasteiger partial charge is 0.162 e. The number of piperazine rings is 1. The zero-order chi connectivity index (χ0) is 27.5. The van der Waals surface area contributed by atoms with Crippen LogP contribution in [0, 0.1) is 0 Å². The van der Waals surface area contributed by atoms with Gasteiger partial charge in [0.2, 0.25) is 0 Å². The van der Waals surface area contributed by atoms with Gasteiger partial charge in [0.1, 0.15) is 0 Å². The van der Waals surface area contributed by atoms with E-state index in [0.29, 0.717) is 5.56 Å². The van der Waals surface area contributed by atoms with Crippen LogP contribution in [0.3, 0.4) is 0 Å². The highest BCUT2D eigenvalue weighted by Gasteiger charge is 2.17. The van der Waals surface area contributed by atoms with E-state index in [1.807, 2.05) is 0 Å². The van der Waals surface area contributed by atoms with Crippen LogP contribution in [0.5, 0.6) is 0 Å². The van der Waals surface area contributed by atoms with Crippen LogP contribution in [0.15, 0.2) is 67.0 Å². The molecule has 0 unspecified atom stereocenters. The summed E-state index contributed by atoms with van der Waals surface area (Å²) in [5.74, 6) is 0.0347. The minimum absolute atomic E-state index is 0.0347. The van der Waals surface area contributed by atoms with Gasteiger partial charge in [-0.05, 0) is 36.8 Å². The number of ketones is 1. The number of carbonyl (C=O) groups excluding carboxylic acids is 1. The molecule has 0 saturated carbocycles. The Bertz CT molecular complexity index is 954. The third kappa shape index (κ3) is 12.2. The van der Waals surface area contributed by atoms with Gasteiger partial charge in [0, 0.05) is 44.6 Å². The Labute approximate surface area is 226 Å². The summed E-state index contributed by atoms with van der Waals surface area (Å²) in [5.41, 5.74) is 4.21. The summed E-state index contributed by atoms with van der Waals surface area (Å²) >= 11 is 0. The van der Waals surface area contributed by atoms with Gasteiger partial charge in [-0.3, -0.25) is 9.69 Å². The first-order chi connectivity index (χ1) is 17.9. The van der Waals surface area contributed by atoms with Gasteiger partial charge in [-0.25, -0.2) is 4.68 Å². The van der Waals surface area contributed by atoms with Crippen molar-refractivity contribution in [2.45, 2.75) is 80.7 Å². The number of aromatic nitrogens is 2. The molecule has 0 bridgehead atoms. The molecule has 5 nitrogen and oxygen atoms in total. The molecule has 3 aromatic rings. The first-order valence-corrected chi connectivity index (χ1v) is 14.1. The van der Waals surface area contributed by atoms with Crippen LogP contribution >= 0.6 is 0 Å². The number of hydrogen-bond acceptors (Lipinski definition) is 4. The predicted molar refractivity (Wildman–Crippen MR) is 160 cm³/mol. The molecular weight excluding hydrogens is 456 g/mol. The van der Waals surface area contributed by atoms with E-state index in [1.54, 1.807) is 24.0 Å². The van der Waals surface area contributed by atoms with Gasteiger partial charge in [0.25, 0.3) is 0 Å². The van der Waals surface area contributed by atoms with E-state index in [2.05, 4.69) is 111 Å². The van der Waals surface area contributed by atoms with Crippen molar-refractivity contribution in [3.05, 3.63) is 78.1 Å². The van der Waals surface area contributed by atoms with Gasteiger partial charge >= 0.3 is 0 Å². The van der Waals surface area contributed by atoms with Gasteiger partial charge in [-0.2, -0.15) is 5.10 Å². The molecule has 0 aliphatic carbocycles. The molecule has 5 heteroatoms. The van der Waals surface area contributed by atoms with Crippen LogP contribution in [0.1, 0.15) is 90.1 Å². The number of anilines is 1. The second-order valence-corrected chi connectivity index (χ2v) is 9.41. The van der Waals surface area contributed by atoms with E-state index in [9.17, 15) is 4.79 Å². The van der Waals surface area contributed by atoms with Crippen LogP contribution in [-0.4, -0.2) is 46.6 Å². The van der Waals surface area contributed by atoms with Crippen molar-refractivity contribution in [3.8, 4) is 5.69 Å². The number of nitrogens with zero attached hydrogens (tertiary/aromatic N) is 4. The van der Waals surface area contributed by atoms with E-state index in [1.165, 1.54) is 36.9 Å². The lowest BCUT2D eigenvalue weighted by Crippen LogP contribution is -2.45. The maximum Gasteiger partial charge on any atom is 0.162 e. The largest absolute Gasteiger partial charge is 0.369 e. The fourth-order valence-corrected chi connectivity index (χ4v) is 3.46. The highest BCUT2D eigenvalue weighted by Crippen LogP contribution is 2.17. The Hall–Kier alpha value is -2.92. The molecule has 37 heavy (non-hydrogen) atoms. The summed E-state index contributed by atoms with van der Waals surface area (Å²) < 4.78 is 1.75. The second-order valence-electron chi connectivity index (χ2n) is 9.41. The topological polar surface area (TPSA) is 41.4 Å². The standard InChI is InChI=1S/C22H24N4O.C4H10.2C3H8/c1-18(27)20-15-23-26(17-20)22-9-7-19(8-10-22)16-24-11-13-25(14-12-24)21-5-3-2-4-6-21;1-3-4-2;2*1-3-2/h2-10,15,17H,11-14,16H2,1H3;3-4H2,1-2H3;2*3H2,1-2H3. The normalized spacial score (nSPS) is 12.8. The Kier molecular flexibility index (Phi) is 16.7. The molecule has 2 aromatic carbocycles. The van der Waals surface area contributed by atoms with Gasteiger partial charge in [-0.1, -0.05) is 97.6 Å². The highest BCUT2D eigenvalue weighted by atomic mass is 16.1. The fourth-order valence-electron chi connectivity index (χ4n) is 3.46. The SMILES string of the molecule is CC(=O)c1cnn(-c2ccc(CN3CCN(c4ccccc4)CC3)cc2)c1.CCC.CCC.CCCC. The van der Waals surface area contributed by atoms with Crippen molar-refractivity contribution < 1.29 is 4.79 Å². The van der Waals surface area contributed by atoms with Gasteiger partial charge in [0.15, 0.2) is 5.78 Å². The van der Waals surface area contributed by atoms with E-state index in [4.69, 9.17) is 0 Å². The molecular formula is C32H50N4O. The highest BCUT2D eigenvalue weighted by molar-refractivity contribution is 5.93. The number of carbonyl (C=O) groups is 1. The third-order valence-electron chi connectivity index (χ3n) is 5.59. The molecule has 0 atom stereocenters. The minimum Gasteiger partial charge on any atom is -0.369 e. The Balaban J connectivity index is 0.000000594. The summed E-state index contributed by atoms with van der Waals surface area (Å²) in [6.45, 7) is 19.6.